The van der Waals surface area contributed by atoms with E-state index in [4.69, 9.17) is 0 Å². The summed E-state index contributed by atoms with van der Waals surface area (Å²) in [6.45, 7) is 4.92. The highest BCUT2D eigenvalue weighted by Crippen LogP contribution is 2.39. The van der Waals surface area contributed by atoms with Gasteiger partial charge in [0.1, 0.15) is 5.69 Å². The zero-order valence-corrected chi connectivity index (χ0v) is 11.7. The van der Waals surface area contributed by atoms with Crippen molar-refractivity contribution in [1.82, 2.24) is 4.98 Å². The summed E-state index contributed by atoms with van der Waals surface area (Å²) in [7, 11) is 0. The van der Waals surface area contributed by atoms with E-state index in [9.17, 15) is 10.1 Å². The Labute approximate surface area is 114 Å². The van der Waals surface area contributed by atoms with Gasteiger partial charge in [-0.3, -0.25) is 10.1 Å². The molecule has 0 aliphatic heterocycles. The molecule has 1 fully saturated rings. The summed E-state index contributed by atoms with van der Waals surface area (Å²) < 4.78 is 0.870. The van der Waals surface area contributed by atoms with Gasteiger partial charge < -0.3 is 5.32 Å². The van der Waals surface area contributed by atoms with Crippen molar-refractivity contribution in [2.45, 2.75) is 20.3 Å². The first-order valence-electron chi connectivity index (χ1n) is 6.34. The summed E-state index contributed by atoms with van der Waals surface area (Å²) in [6.07, 6.45) is 1.21. The summed E-state index contributed by atoms with van der Waals surface area (Å²) in [5.74, 6) is 1.38. The number of fused-ring (bicyclic) bond motifs is 1. The van der Waals surface area contributed by atoms with Crippen LogP contribution >= 0.6 is 11.3 Å². The van der Waals surface area contributed by atoms with Crippen molar-refractivity contribution >= 4 is 32.9 Å². The molecule has 1 N–H and O–H groups in total. The van der Waals surface area contributed by atoms with E-state index in [1.807, 2.05) is 6.92 Å². The normalized spacial score (nSPS) is 21.6. The number of anilines is 1. The molecule has 0 saturated heterocycles. The van der Waals surface area contributed by atoms with Crippen molar-refractivity contribution in [2.24, 2.45) is 11.8 Å². The lowest BCUT2D eigenvalue weighted by molar-refractivity contribution is -0.383. The summed E-state index contributed by atoms with van der Waals surface area (Å²) in [5.41, 5.74) is 1.56. The van der Waals surface area contributed by atoms with Gasteiger partial charge in [-0.1, -0.05) is 6.92 Å². The van der Waals surface area contributed by atoms with E-state index in [0.717, 1.165) is 27.7 Å². The van der Waals surface area contributed by atoms with Crippen LogP contribution in [-0.2, 0) is 0 Å². The number of nitro groups is 1. The van der Waals surface area contributed by atoms with Gasteiger partial charge in [-0.15, -0.1) is 11.3 Å². The Morgan fingerprint density at radius 1 is 1.58 bits per heavy atom. The summed E-state index contributed by atoms with van der Waals surface area (Å²) in [4.78, 5) is 15.2. The highest BCUT2D eigenvalue weighted by molar-refractivity contribution is 7.18. The molecule has 1 aliphatic rings. The van der Waals surface area contributed by atoms with Gasteiger partial charge in [0.15, 0.2) is 0 Å². The van der Waals surface area contributed by atoms with Crippen LogP contribution in [-0.4, -0.2) is 16.5 Å². The van der Waals surface area contributed by atoms with Gasteiger partial charge in [-0.2, -0.15) is 0 Å². The maximum absolute atomic E-state index is 11.1. The van der Waals surface area contributed by atoms with Crippen molar-refractivity contribution in [3.8, 4) is 0 Å². The van der Waals surface area contributed by atoms with Crippen LogP contribution in [0.25, 0.3) is 10.2 Å². The second-order valence-electron chi connectivity index (χ2n) is 5.18. The Kier molecular flexibility index (Phi) is 2.89. The molecule has 1 heterocycles. The minimum atomic E-state index is -0.326. The standard InChI is InChI=1S/C13H15N3O2S/c1-7-3-9(7)6-14-10-4-11-13(19-8(2)15-11)5-12(10)16(17)18/h4-5,7,9,14H,3,6H2,1-2H3. The molecule has 1 aromatic carbocycles. The van der Waals surface area contributed by atoms with Gasteiger partial charge in [0, 0.05) is 12.6 Å². The van der Waals surface area contributed by atoms with E-state index in [1.165, 1.54) is 17.8 Å². The number of benzene rings is 1. The second-order valence-corrected chi connectivity index (χ2v) is 6.42. The number of nitrogens with zero attached hydrogens (tertiary/aromatic N) is 2. The SMILES string of the molecule is Cc1nc2cc(NCC3CC3C)c([N+](=O)[O-])cc2s1. The zero-order valence-electron chi connectivity index (χ0n) is 10.8. The minimum Gasteiger partial charge on any atom is -0.379 e. The molecule has 2 unspecified atom stereocenters. The molecule has 2 aromatic rings. The van der Waals surface area contributed by atoms with Gasteiger partial charge in [0.25, 0.3) is 5.69 Å². The Balaban J connectivity index is 1.94. The number of thiazole rings is 1. The van der Waals surface area contributed by atoms with E-state index in [-0.39, 0.29) is 10.6 Å². The van der Waals surface area contributed by atoms with Crippen LogP contribution < -0.4 is 5.32 Å². The van der Waals surface area contributed by atoms with Crippen molar-refractivity contribution in [1.29, 1.82) is 0 Å². The Hall–Kier alpha value is -1.69. The smallest absolute Gasteiger partial charge is 0.293 e. The molecule has 100 valence electrons. The molecule has 2 atom stereocenters. The maximum atomic E-state index is 11.1. The lowest BCUT2D eigenvalue weighted by Crippen LogP contribution is -2.06. The predicted octanol–water partition coefficient (Wildman–Crippen LogP) is 3.58. The van der Waals surface area contributed by atoms with E-state index in [2.05, 4.69) is 17.2 Å². The largest absolute Gasteiger partial charge is 0.379 e. The number of aromatic nitrogens is 1. The third-order valence-corrected chi connectivity index (χ3v) is 4.57. The molecule has 1 aliphatic carbocycles. The molecule has 0 amide bonds. The molecule has 6 heteroatoms. The van der Waals surface area contributed by atoms with Gasteiger partial charge >= 0.3 is 0 Å². The first kappa shape index (κ1) is 12.3. The number of hydrogen-bond donors (Lipinski definition) is 1. The fourth-order valence-corrected chi connectivity index (χ4v) is 3.14. The van der Waals surface area contributed by atoms with Crippen LogP contribution in [0.3, 0.4) is 0 Å². The summed E-state index contributed by atoms with van der Waals surface area (Å²) in [5, 5.41) is 15.3. The maximum Gasteiger partial charge on any atom is 0.293 e. The lowest BCUT2D eigenvalue weighted by Gasteiger charge is -2.06. The predicted molar refractivity (Wildman–Crippen MR) is 76.8 cm³/mol. The van der Waals surface area contributed by atoms with Gasteiger partial charge in [-0.25, -0.2) is 4.98 Å². The number of nitro benzene ring substituents is 1. The Morgan fingerprint density at radius 3 is 2.95 bits per heavy atom. The monoisotopic (exact) mass is 277 g/mol. The van der Waals surface area contributed by atoms with E-state index < -0.39 is 0 Å². The van der Waals surface area contributed by atoms with E-state index in [1.54, 1.807) is 12.1 Å². The van der Waals surface area contributed by atoms with Crippen LogP contribution in [0.2, 0.25) is 0 Å². The molecule has 19 heavy (non-hydrogen) atoms. The second kappa shape index (κ2) is 4.45. The van der Waals surface area contributed by atoms with Gasteiger partial charge in [0.2, 0.25) is 0 Å². The number of hydrogen-bond acceptors (Lipinski definition) is 5. The molecule has 0 radical (unpaired) electrons. The summed E-state index contributed by atoms with van der Waals surface area (Å²) in [6, 6.07) is 3.42. The lowest BCUT2D eigenvalue weighted by atomic mass is 10.2. The average Bonchev–Trinajstić information content (AvgIpc) is 2.92. The summed E-state index contributed by atoms with van der Waals surface area (Å²) >= 11 is 1.49. The first-order valence-corrected chi connectivity index (χ1v) is 7.15. The third kappa shape index (κ3) is 2.40. The highest BCUT2D eigenvalue weighted by atomic mass is 32.1. The van der Waals surface area contributed by atoms with Crippen molar-refractivity contribution < 1.29 is 4.92 Å². The number of nitrogens with one attached hydrogen (secondary N) is 1. The van der Waals surface area contributed by atoms with Crippen LogP contribution in [0, 0.1) is 28.9 Å². The molecular weight excluding hydrogens is 262 g/mol. The Bertz CT molecular complexity index is 653. The number of rotatable bonds is 4. The number of aryl methyl sites for hydroxylation is 1. The highest BCUT2D eigenvalue weighted by Gasteiger charge is 2.32. The zero-order chi connectivity index (χ0) is 13.6. The van der Waals surface area contributed by atoms with Gasteiger partial charge in [0.05, 0.1) is 20.1 Å². The molecule has 1 saturated carbocycles. The van der Waals surface area contributed by atoms with Crippen molar-refractivity contribution in [3.05, 3.63) is 27.3 Å². The quantitative estimate of drug-likeness (QED) is 0.685. The minimum absolute atomic E-state index is 0.143. The molecule has 0 spiro atoms. The van der Waals surface area contributed by atoms with Gasteiger partial charge in [-0.05, 0) is 31.2 Å². The van der Waals surface area contributed by atoms with E-state index >= 15 is 0 Å². The Morgan fingerprint density at radius 2 is 2.32 bits per heavy atom. The van der Waals surface area contributed by atoms with Crippen molar-refractivity contribution in [2.75, 3.05) is 11.9 Å². The molecular formula is C13H15N3O2S. The van der Waals surface area contributed by atoms with Crippen LogP contribution in [0.1, 0.15) is 18.4 Å². The van der Waals surface area contributed by atoms with Crippen LogP contribution in [0.15, 0.2) is 12.1 Å². The molecule has 1 aromatic heterocycles. The topological polar surface area (TPSA) is 68.1 Å². The van der Waals surface area contributed by atoms with Crippen LogP contribution in [0.4, 0.5) is 11.4 Å². The first-order chi connectivity index (χ1) is 9.04. The van der Waals surface area contributed by atoms with Crippen LogP contribution in [0.5, 0.6) is 0 Å². The average molecular weight is 277 g/mol. The van der Waals surface area contributed by atoms with Crippen molar-refractivity contribution in [3.63, 3.8) is 0 Å². The van der Waals surface area contributed by atoms with E-state index in [0.29, 0.717) is 11.6 Å². The molecule has 0 bridgehead atoms. The fraction of sp³-hybridized carbons (Fsp3) is 0.462. The fourth-order valence-electron chi connectivity index (χ4n) is 2.30. The third-order valence-electron chi connectivity index (χ3n) is 3.64. The molecule has 3 rings (SSSR count). The molecule has 5 nitrogen and oxygen atoms in total.